The third kappa shape index (κ3) is 5.24. The summed E-state index contributed by atoms with van der Waals surface area (Å²) in [6.45, 7) is 10.5. The van der Waals surface area contributed by atoms with Gasteiger partial charge in [-0.3, -0.25) is 0 Å². The van der Waals surface area contributed by atoms with Gasteiger partial charge in [0.1, 0.15) is 18.1 Å². The maximum absolute atomic E-state index is 11.6. The van der Waals surface area contributed by atoms with Crippen LogP contribution in [0.3, 0.4) is 0 Å². The zero-order valence-electron chi connectivity index (χ0n) is 16.0. The van der Waals surface area contributed by atoms with E-state index in [1.165, 1.54) is 0 Å². The van der Waals surface area contributed by atoms with Crippen LogP contribution in [0.25, 0.3) is 0 Å². The zero-order chi connectivity index (χ0) is 19.7. The van der Waals surface area contributed by atoms with Crippen LogP contribution in [0.2, 0.25) is 0 Å². The molecule has 142 valence electrons. The third-order valence-electron chi connectivity index (χ3n) is 3.96. The normalized spacial score (nSPS) is 12.1. The second-order valence-corrected chi connectivity index (χ2v) is 9.86. The highest BCUT2D eigenvalue weighted by molar-refractivity contribution is 9.10. The maximum atomic E-state index is 11.6. The number of ether oxygens (including phenoxy) is 1. The number of para-hydroxylation sites is 1. The lowest BCUT2D eigenvalue weighted by atomic mass is 9.86. The largest absolute Gasteiger partial charge is 0.488 e. The molecule has 0 fully saturated rings. The average Bonchev–Trinajstić information content (AvgIpc) is 2.46. The van der Waals surface area contributed by atoms with Gasteiger partial charge in [0.2, 0.25) is 0 Å². The summed E-state index contributed by atoms with van der Waals surface area (Å²) in [7, 11) is -3.61. The first kappa shape index (κ1) is 20.8. The van der Waals surface area contributed by atoms with Crippen LogP contribution in [0.1, 0.15) is 43.0 Å². The molecular formula is C20H25BrO4S. The second-order valence-electron chi connectivity index (χ2n) is 7.49. The SMILES string of the molecule is Cc1cccc(C)c1OCc1cc(OS(C)(=O)=O)cc(C(C)(C)C)c1Br. The molecular weight excluding hydrogens is 416 g/mol. The van der Waals surface area contributed by atoms with Crippen LogP contribution in [0.4, 0.5) is 0 Å². The van der Waals surface area contributed by atoms with Gasteiger partial charge in [-0.05, 0) is 48.1 Å². The fraction of sp³-hybridized carbons (Fsp3) is 0.400. The highest BCUT2D eigenvalue weighted by Crippen LogP contribution is 2.37. The quantitative estimate of drug-likeness (QED) is 0.593. The number of halogens is 1. The summed E-state index contributed by atoms with van der Waals surface area (Å²) in [5.74, 6) is 1.13. The molecule has 26 heavy (non-hydrogen) atoms. The first-order valence-corrected chi connectivity index (χ1v) is 10.9. The molecule has 0 bridgehead atoms. The van der Waals surface area contributed by atoms with Crippen LogP contribution in [0, 0.1) is 13.8 Å². The van der Waals surface area contributed by atoms with E-state index < -0.39 is 10.1 Å². The van der Waals surface area contributed by atoms with Crippen molar-refractivity contribution in [2.45, 2.75) is 46.6 Å². The van der Waals surface area contributed by atoms with Gasteiger partial charge in [0, 0.05) is 10.0 Å². The maximum Gasteiger partial charge on any atom is 0.306 e. The minimum Gasteiger partial charge on any atom is -0.488 e. The van der Waals surface area contributed by atoms with Crippen molar-refractivity contribution >= 4 is 26.0 Å². The molecule has 2 rings (SSSR count). The van der Waals surface area contributed by atoms with E-state index in [1.54, 1.807) is 12.1 Å². The minimum atomic E-state index is -3.61. The summed E-state index contributed by atoms with van der Waals surface area (Å²) < 4.78 is 35.2. The van der Waals surface area contributed by atoms with E-state index in [9.17, 15) is 8.42 Å². The predicted molar refractivity (Wildman–Crippen MR) is 109 cm³/mol. The van der Waals surface area contributed by atoms with Crippen LogP contribution in [-0.4, -0.2) is 14.7 Å². The van der Waals surface area contributed by atoms with E-state index in [1.807, 2.05) is 32.0 Å². The van der Waals surface area contributed by atoms with E-state index in [2.05, 4.69) is 36.7 Å². The van der Waals surface area contributed by atoms with E-state index in [4.69, 9.17) is 8.92 Å². The Kier molecular flexibility index (Phi) is 6.08. The molecule has 0 aliphatic heterocycles. The van der Waals surface area contributed by atoms with Crippen molar-refractivity contribution in [1.29, 1.82) is 0 Å². The van der Waals surface area contributed by atoms with E-state index >= 15 is 0 Å². The van der Waals surface area contributed by atoms with Crippen molar-refractivity contribution in [2.24, 2.45) is 0 Å². The Labute approximate surface area is 164 Å². The molecule has 0 aromatic heterocycles. The van der Waals surface area contributed by atoms with Crippen molar-refractivity contribution in [2.75, 3.05) is 6.26 Å². The molecule has 0 aliphatic rings. The molecule has 4 nitrogen and oxygen atoms in total. The summed E-state index contributed by atoms with van der Waals surface area (Å²) in [5.41, 5.74) is 3.71. The molecule has 0 saturated heterocycles. The standard InChI is InChI=1S/C20H25BrO4S/c1-13-8-7-9-14(2)19(13)24-12-15-10-16(25-26(6,22)23)11-17(18(15)21)20(3,4)5/h7-11H,12H2,1-6H3. The fourth-order valence-electron chi connectivity index (χ4n) is 2.71. The predicted octanol–water partition coefficient (Wildman–Crippen LogP) is 5.28. The van der Waals surface area contributed by atoms with Crippen LogP contribution < -0.4 is 8.92 Å². The molecule has 2 aromatic carbocycles. The van der Waals surface area contributed by atoms with Crippen molar-refractivity contribution in [3.63, 3.8) is 0 Å². The molecule has 0 saturated carbocycles. The van der Waals surface area contributed by atoms with Crippen LogP contribution in [-0.2, 0) is 22.1 Å². The topological polar surface area (TPSA) is 52.6 Å². The molecule has 0 heterocycles. The van der Waals surface area contributed by atoms with Crippen LogP contribution >= 0.6 is 15.9 Å². The van der Waals surface area contributed by atoms with Gasteiger partial charge in [-0.1, -0.05) is 54.9 Å². The third-order valence-corrected chi connectivity index (χ3v) is 5.39. The lowest BCUT2D eigenvalue weighted by Gasteiger charge is -2.24. The molecule has 0 aliphatic carbocycles. The molecule has 0 atom stereocenters. The van der Waals surface area contributed by atoms with Gasteiger partial charge in [0.25, 0.3) is 0 Å². The van der Waals surface area contributed by atoms with Gasteiger partial charge >= 0.3 is 10.1 Å². The van der Waals surface area contributed by atoms with E-state index in [0.717, 1.165) is 38.7 Å². The molecule has 0 amide bonds. The Morgan fingerprint density at radius 2 is 1.65 bits per heavy atom. The molecule has 0 N–H and O–H groups in total. The number of hydrogen-bond donors (Lipinski definition) is 0. The highest BCUT2D eigenvalue weighted by atomic mass is 79.9. The number of aryl methyl sites for hydroxylation is 2. The zero-order valence-corrected chi connectivity index (χ0v) is 18.4. The Balaban J connectivity index is 2.44. The number of rotatable bonds is 5. The summed E-state index contributed by atoms with van der Waals surface area (Å²) in [5, 5.41) is 0. The average molecular weight is 441 g/mol. The second kappa shape index (κ2) is 7.61. The Hall–Kier alpha value is -1.53. The van der Waals surface area contributed by atoms with Crippen molar-refractivity contribution in [3.05, 3.63) is 57.1 Å². The van der Waals surface area contributed by atoms with Crippen LogP contribution in [0.15, 0.2) is 34.8 Å². The van der Waals surface area contributed by atoms with Gasteiger partial charge < -0.3 is 8.92 Å². The molecule has 2 aromatic rings. The van der Waals surface area contributed by atoms with Gasteiger partial charge in [0.05, 0.1) is 6.26 Å². The summed E-state index contributed by atoms with van der Waals surface area (Å²) in [6, 6.07) is 9.45. The Morgan fingerprint density at radius 1 is 1.08 bits per heavy atom. The first-order valence-electron chi connectivity index (χ1n) is 8.30. The smallest absolute Gasteiger partial charge is 0.306 e. The summed E-state index contributed by atoms with van der Waals surface area (Å²) in [6.07, 6.45) is 1.04. The fourth-order valence-corrected chi connectivity index (χ4v) is 4.09. The van der Waals surface area contributed by atoms with E-state index in [0.29, 0.717) is 12.4 Å². The first-order chi connectivity index (χ1) is 11.9. The van der Waals surface area contributed by atoms with Crippen molar-refractivity contribution < 1.29 is 17.3 Å². The van der Waals surface area contributed by atoms with Gasteiger partial charge in [-0.2, -0.15) is 8.42 Å². The number of benzene rings is 2. The molecule has 6 heteroatoms. The molecule has 0 radical (unpaired) electrons. The molecule has 0 spiro atoms. The Morgan fingerprint density at radius 3 is 2.15 bits per heavy atom. The lowest BCUT2D eigenvalue weighted by molar-refractivity contribution is 0.300. The van der Waals surface area contributed by atoms with Crippen molar-refractivity contribution in [1.82, 2.24) is 0 Å². The molecule has 0 unspecified atom stereocenters. The monoisotopic (exact) mass is 440 g/mol. The van der Waals surface area contributed by atoms with Crippen molar-refractivity contribution in [3.8, 4) is 11.5 Å². The van der Waals surface area contributed by atoms with Gasteiger partial charge in [0.15, 0.2) is 0 Å². The summed E-state index contributed by atoms with van der Waals surface area (Å²) in [4.78, 5) is 0. The number of hydrogen-bond acceptors (Lipinski definition) is 4. The lowest BCUT2D eigenvalue weighted by Crippen LogP contribution is -2.15. The van der Waals surface area contributed by atoms with Gasteiger partial charge in [-0.15, -0.1) is 0 Å². The Bertz CT molecular complexity index is 892. The van der Waals surface area contributed by atoms with E-state index in [-0.39, 0.29) is 5.41 Å². The van der Waals surface area contributed by atoms with Gasteiger partial charge in [-0.25, -0.2) is 0 Å². The minimum absolute atomic E-state index is 0.191. The summed E-state index contributed by atoms with van der Waals surface area (Å²) >= 11 is 3.66. The van der Waals surface area contributed by atoms with Crippen LogP contribution in [0.5, 0.6) is 11.5 Å². The highest BCUT2D eigenvalue weighted by Gasteiger charge is 2.22.